The largest absolute Gasteiger partial charge is 0.269 e. The van der Waals surface area contributed by atoms with Gasteiger partial charge in [-0.25, -0.2) is 0 Å². The molecule has 0 spiro atoms. The van der Waals surface area contributed by atoms with Crippen LogP contribution in [0, 0.1) is 0 Å². The molecular formula is C32H56B2N4. The van der Waals surface area contributed by atoms with Gasteiger partial charge in [0, 0.05) is 11.1 Å². The van der Waals surface area contributed by atoms with Crippen molar-refractivity contribution in [2.45, 2.75) is 132 Å². The van der Waals surface area contributed by atoms with Gasteiger partial charge < -0.3 is 0 Å². The molecule has 0 amide bonds. The number of hydrogen-bond acceptors (Lipinski definition) is 0. The minimum absolute atomic E-state index is 0.466. The summed E-state index contributed by atoms with van der Waals surface area (Å²) in [6.45, 7) is 25.5. The van der Waals surface area contributed by atoms with Gasteiger partial charge in [-0.3, -0.25) is 18.3 Å². The van der Waals surface area contributed by atoms with Crippen LogP contribution in [0.15, 0.2) is 49.1 Å². The van der Waals surface area contributed by atoms with E-state index < -0.39 is 12.3 Å². The molecule has 0 saturated heterocycles. The fraction of sp³-hybridized carbons (Fsp3) is 0.625. The van der Waals surface area contributed by atoms with Gasteiger partial charge in [0.05, 0.1) is 23.5 Å². The van der Waals surface area contributed by atoms with E-state index in [2.05, 4.69) is 137 Å². The van der Waals surface area contributed by atoms with Crippen LogP contribution in [0.5, 0.6) is 0 Å². The molecule has 0 saturated carbocycles. The minimum Gasteiger partial charge on any atom is -0.269 e. The minimum atomic E-state index is -0.600. The Hall–Kier alpha value is -2.23. The second kappa shape index (κ2) is 12.7. The molecule has 0 radical (unpaired) electrons. The van der Waals surface area contributed by atoms with E-state index in [9.17, 15) is 0 Å². The molecule has 3 rings (SSSR count). The first kappa shape index (κ1) is 30.3. The van der Waals surface area contributed by atoms with Gasteiger partial charge in [0.1, 0.15) is 50.2 Å². The van der Waals surface area contributed by atoms with Crippen LogP contribution in [0.2, 0.25) is 37.9 Å². The zero-order valence-corrected chi connectivity index (χ0v) is 26.4. The molecule has 0 unspecified atom stereocenters. The number of hydrogen-bond donors (Lipinski definition) is 0. The molecule has 4 nitrogen and oxygen atoms in total. The Kier molecular flexibility index (Phi) is 10.2. The van der Waals surface area contributed by atoms with Gasteiger partial charge in [0.2, 0.25) is 0 Å². The van der Waals surface area contributed by atoms with E-state index >= 15 is 0 Å². The Morgan fingerprint density at radius 3 is 1.16 bits per heavy atom. The van der Waals surface area contributed by atoms with Crippen LogP contribution < -0.4 is 20.6 Å². The first-order chi connectivity index (χ1) is 18.2. The summed E-state index contributed by atoms with van der Waals surface area (Å²) in [5, 5.41) is 0. The average Bonchev–Trinajstić information content (AvgIpc) is 3.54. The average molecular weight is 518 g/mol. The summed E-state index contributed by atoms with van der Waals surface area (Å²) in [7, 11) is 0. The molecule has 0 bridgehead atoms. The molecule has 1 aromatic carbocycles. The lowest BCUT2D eigenvalue weighted by atomic mass is 9.19. The molecule has 0 aliphatic carbocycles. The zero-order chi connectivity index (χ0) is 28.1. The second-order valence-electron chi connectivity index (χ2n) is 12.7. The lowest BCUT2D eigenvalue weighted by Crippen LogP contribution is -2.66. The smallest absolute Gasteiger partial charge is 0.126 e. The zero-order valence-electron chi connectivity index (χ0n) is 26.4. The van der Waals surface area contributed by atoms with Crippen molar-refractivity contribution >= 4 is 23.7 Å². The monoisotopic (exact) mass is 518 g/mol. The van der Waals surface area contributed by atoms with Crippen LogP contribution in [-0.4, -0.2) is 21.4 Å². The van der Waals surface area contributed by atoms with Crippen molar-refractivity contribution in [1.29, 1.82) is 0 Å². The van der Waals surface area contributed by atoms with Crippen LogP contribution in [0.3, 0.4) is 0 Å². The van der Waals surface area contributed by atoms with Crippen LogP contribution in [0.4, 0.5) is 0 Å². The lowest BCUT2D eigenvalue weighted by molar-refractivity contribution is -0.676. The highest BCUT2D eigenvalue weighted by atomic mass is 15.2. The Morgan fingerprint density at radius 2 is 0.895 bits per heavy atom. The topological polar surface area (TPSA) is 17.6 Å². The maximum Gasteiger partial charge on any atom is 0.126 e. The summed E-state index contributed by atoms with van der Waals surface area (Å²) in [6.07, 6.45) is 15.5. The van der Waals surface area contributed by atoms with Crippen molar-refractivity contribution < 1.29 is 9.13 Å². The molecule has 0 atom stereocenters. The molecule has 0 aliphatic heterocycles. The summed E-state index contributed by atoms with van der Waals surface area (Å²) >= 11 is 0. The number of rotatable bonds is 14. The molecule has 2 aromatic heterocycles. The van der Waals surface area contributed by atoms with E-state index in [0.717, 1.165) is 13.1 Å². The van der Waals surface area contributed by atoms with E-state index in [-0.39, 0.29) is 0 Å². The molecule has 3 aromatic rings. The predicted octanol–water partition coefficient (Wildman–Crippen LogP) is 6.55. The first-order valence-corrected chi connectivity index (χ1v) is 15.9. The third-order valence-corrected chi connectivity index (χ3v) is 10.6. The van der Waals surface area contributed by atoms with Crippen molar-refractivity contribution in [3.05, 3.63) is 60.2 Å². The van der Waals surface area contributed by atoms with Gasteiger partial charge in [-0.2, -0.15) is 37.9 Å². The standard InChI is InChI=1S/C32H56B2N4/c1-11-33(12-2,13-3)31-35(21-23-37(31)27(7)8)25-29-19-17-18-20-30(29)26-36-22-24-38(28(9)10)32(36)34(14-4,15-5)16-6/h17-24,27-28H,11-16,25-26H2,1-10H3. The quantitative estimate of drug-likeness (QED) is 0.170. The first-order valence-electron chi connectivity index (χ1n) is 15.9. The van der Waals surface area contributed by atoms with Crippen LogP contribution in [0.1, 0.15) is 92.4 Å². The number of nitrogens with zero attached hydrogens (tertiary/aromatic N) is 4. The fourth-order valence-electron chi connectivity index (χ4n) is 7.44. The Bertz CT molecular complexity index is 1060. The Morgan fingerprint density at radius 1 is 0.579 bits per heavy atom. The molecular weight excluding hydrogens is 462 g/mol. The third kappa shape index (κ3) is 5.56. The lowest BCUT2D eigenvalue weighted by Gasteiger charge is -2.35. The van der Waals surface area contributed by atoms with Crippen molar-refractivity contribution in [3.63, 3.8) is 0 Å². The molecule has 0 aliphatic rings. The predicted molar refractivity (Wildman–Crippen MR) is 168 cm³/mol. The summed E-state index contributed by atoms with van der Waals surface area (Å²) in [6, 6.07) is 10.1. The summed E-state index contributed by atoms with van der Waals surface area (Å²) in [4.78, 5) is 0. The van der Waals surface area contributed by atoms with E-state index in [1.54, 1.807) is 11.4 Å². The van der Waals surface area contributed by atoms with Gasteiger partial charge in [0.25, 0.3) is 0 Å². The van der Waals surface area contributed by atoms with Crippen molar-refractivity contribution in [2.75, 3.05) is 0 Å². The number of imidazole rings is 2. The maximum absolute atomic E-state index is 2.58. The van der Waals surface area contributed by atoms with Crippen LogP contribution in [0.25, 0.3) is 0 Å². The van der Waals surface area contributed by atoms with Gasteiger partial charge in [-0.1, -0.05) is 65.8 Å². The molecule has 0 N–H and O–H groups in total. The Labute approximate surface area is 234 Å². The van der Waals surface area contributed by atoms with E-state index in [1.165, 1.54) is 49.0 Å². The van der Waals surface area contributed by atoms with E-state index in [1.807, 2.05) is 0 Å². The number of benzene rings is 1. The molecule has 210 valence electrons. The summed E-state index contributed by atoms with van der Waals surface area (Å²) < 4.78 is 10.3. The van der Waals surface area contributed by atoms with Crippen molar-refractivity contribution in [3.8, 4) is 0 Å². The van der Waals surface area contributed by atoms with E-state index in [4.69, 9.17) is 0 Å². The normalized spacial score (nSPS) is 12.7. The summed E-state index contributed by atoms with van der Waals surface area (Å²) in [5.41, 5.74) is 5.97. The van der Waals surface area contributed by atoms with Crippen molar-refractivity contribution in [1.82, 2.24) is 9.13 Å². The molecule has 6 heteroatoms. The van der Waals surface area contributed by atoms with Gasteiger partial charge >= 0.3 is 0 Å². The highest BCUT2D eigenvalue weighted by Crippen LogP contribution is 2.22. The molecule has 38 heavy (non-hydrogen) atoms. The second-order valence-corrected chi connectivity index (χ2v) is 12.7. The third-order valence-electron chi connectivity index (χ3n) is 10.6. The maximum atomic E-state index is 2.58. The number of aromatic nitrogens is 4. The van der Waals surface area contributed by atoms with E-state index in [0.29, 0.717) is 12.1 Å². The molecule has 2 heterocycles. The Balaban J connectivity index is 2.10. The summed E-state index contributed by atoms with van der Waals surface area (Å²) in [5.74, 6) is 0. The van der Waals surface area contributed by atoms with Gasteiger partial charge in [0.15, 0.2) is 0 Å². The SMILES string of the molecule is CC[B-](CC)(CC)c1n(C(C)C)cc[n+]1Cc1ccccc1C[n+]1ccn(C(C)C)c1[B-](CC)(CC)CC. The van der Waals surface area contributed by atoms with Gasteiger partial charge in [-0.05, 0) is 27.7 Å². The highest BCUT2D eigenvalue weighted by molar-refractivity contribution is 6.90. The van der Waals surface area contributed by atoms with Gasteiger partial charge in [-0.15, -0.1) is 0 Å². The van der Waals surface area contributed by atoms with Crippen molar-refractivity contribution in [2.24, 2.45) is 0 Å². The fourth-order valence-corrected chi connectivity index (χ4v) is 7.44. The van der Waals surface area contributed by atoms with Crippen LogP contribution >= 0.6 is 0 Å². The molecule has 0 fully saturated rings. The highest BCUT2D eigenvalue weighted by Gasteiger charge is 2.35. The van der Waals surface area contributed by atoms with Crippen LogP contribution in [-0.2, 0) is 13.1 Å².